The summed E-state index contributed by atoms with van der Waals surface area (Å²) in [6, 6.07) is 0. The summed E-state index contributed by atoms with van der Waals surface area (Å²) in [5.74, 6) is 0. The van der Waals surface area contributed by atoms with Crippen molar-refractivity contribution in [2.75, 3.05) is 6.61 Å². The van der Waals surface area contributed by atoms with Crippen molar-refractivity contribution >= 4 is 6.47 Å². The molecule has 0 fully saturated rings. The molecule has 0 saturated carbocycles. The first-order valence-electron chi connectivity index (χ1n) is 2.84. The Morgan fingerprint density at radius 2 is 2.22 bits per heavy atom. The summed E-state index contributed by atoms with van der Waals surface area (Å²) in [4.78, 5) is 9.59. The predicted molar refractivity (Wildman–Crippen MR) is 32.9 cm³/mol. The number of aliphatic hydroxyl groups is 1. The summed E-state index contributed by atoms with van der Waals surface area (Å²) in [5.41, 5.74) is -0.733. The van der Waals surface area contributed by atoms with Gasteiger partial charge in [0.2, 0.25) is 0 Å². The molecule has 0 aromatic heterocycles. The first kappa shape index (κ1) is 8.43. The number of hydrogen-bond donors (Lipinski definition) is 1. The SMILES string of the molecule is CC(C)(O)CCOC=O. The highest BCUT2D eigenvalue weighted by molar-refractivity contribution is 5.36. The lowest BCUT2D eigenvalue weighted by Gasteiger charge is -2.14. The van der Waals surface area contributed by atoms with Gasteiger partial charge in [0.1, 0.15) is 0 Å². The summed E-state index contributed by atoms with van der Waals surface area (Å²) in [7, 11) is 0. The van der Waals surface area contributed by atoms with Crippen molar-refractivity contribution in [1.82, 2.24) is 0 Å². The number of rotatable bonds is 4. The molecule has 0 rings (SSSR count). The minimum Gasteiger partial charge on any atom is -0.468 e. The monoisotopic (exact) mass is 132 g/mol. The zero-order valence-electron chi connectivity index (χ0n) is 5.76. The van der Waals surface area contributed by atoms with E-state index in [1.165, 1.54) is 0 Å². The van der Waals surface area contributed by atoms with Gasteiger partial charge in [-0.05, 0) is 13.8 Å². The highest BCUT2D eigenvalue weighted by Crippen LogP contribution is 2.05. The second-order valence-electron chi connectivity index (χ2n) is 2.53. The van der Waals surface area contributed by atoms with Crippen molar-refractivity contribution in [2.45, 2.75) is 25.9 Å². The fourth-order valence-corrected chi connectivity index (χ4v) is 0.357. The zero-order chi connectivity index (χ0) is 7.33. The van der Waals surface area contributed by atoms with Crippen molar-refractivity contribution < 1.29 is 14.6 Å². The van der Waals surface area contributed by atoms with Gasteiger partial charge in [0.05, 0.1) is 12.2 Å². The van der Waals surface area contributed by atoms with Crippen molar-refractivity contribution in [2.24, 2.45) is 0 Å². The molecule has 54 valence electrons. The molecule has 3 nitrogen and oxygen atoms in total. The van der Waals surface area contributed by atoms with Crippen LogP contribution in [0.5, 0.6) is 0 Å². The van der Waals surface area contributed by atoms with Gasteiger partial charge >= 0.3 is 0 Å². The third-order valence-corrected chi connectivity index (χ3v) is 0.900. The van der Waals surface area contributed by atoms with Crippen LogP contribution in [-0.4, -0.2) is 23.8 Å². The molecule has 0 atom stereocenters. The Kier molecular flexibility index (Phi) is 3.24. The molecule has 9 heavy (non-hydrogen) atoms. The van der Waals surface area contributed by atoms with E-state index in [4.69, 9.17) is 5.11 Å². The summed E-state index contributed by atoms with van der Waals surface area (Å²) in [6.45, 7) is 4.00. The molecule has 0 aromatic rings. The van der Waals surface area contributed by atoms with Crippen LogP contribution in [0.1, 0.15) is 20.3 Å². The lowest BCUT2D eigenvalue weighted by molar-refractivity contribution is -0.129. The van der Waals surface area contributed by atoms with Crippen molar-refractivity contribution in [3.05, 3.63) is 0 Å². The maximum Gasteiger partial charge on any atom is 0.293 e. The molecular formula is C6H12O3. The van der Waals surface area contributed by atoms with E-state index >= 15 is 0 Å². The molecule has 0 bridgehead atoms. The Labute approximate surface area is 54.6 Å². The maximum atomic E-state index is 9.59. The lowest BCUT2D eigenvalue weighted by atomic mass is 10.1. The third kappa shape index (κ3) is 7.43. The fourth-order valence-electron chi connectivity index (χ4n) is 0.357. The lowest BCUT2D eigenvalue weighted by Crippen LogP contribution is -2.20. The summed E-state index contributed by atoms with van der Waals surface area (Å²) in [6.07, 6.45) is 0.478. The number of ether oxygens (including phenoxy) is 1. The van der Waals surface area contributed by atoms with Crippen LogP contribution in [0, 0.1) is 0 Å². The molecule has 0 aliphatic heterocycles. The summed E-state index contributed by atoms with van der Waals surface area (Å²) in [5, 5.41) is 9.05. The molecule has 3 heteroatoms. The predicted octanol–water partition coefficient (Wildman–Crippen LogP) is 0.320. The smallest absolute Gasteiger partial charge is 0.293 e. The van der Waals surface area contributed by atoms with Crippen molar-refractivity contribution in [1.29, 1.82) is 0 Å². The molecule has 0 radical (unpaired) electrons. The Hall–Kier alpha value is -0.570. The number of carbonyl (C=O) groups is 1. The first-order valence-corrected chi connectivity index (χ1v) is 2.84. The van der Waals surface area contributed by atoms with Gasteiger partial charge in [-0.25, -0.2) is 0 Å². The van der Waals surface area contributed by atoms with E-state index in [1.807, 2.05) is 0 Å². The van der Waals surface area contributed by atoms with Crippen LogP contribution in [0.15, 0.2) is 0 Å². The van der Waals surface area contributed by atoms with Crippen LogP contribution < -0.4 is 0 Å². The highest BCUT2D eigenvalue weighted by atomic mass is 16.5. The molecule has 1 N–H and O–H groups in total. The Morgan fingerprint density at radius 3 is 2.56 bits per heavy atom. The van der Waals surface area contributed by atoms with E-state index in [9.17, 15) is 4.79 Å². The topological polar surface area (TPSA) is 46.5 Å². The number of carbonyl (C=O) groups excluding carboxylic acids is 1. The quantitative estimate of drug-likeness (QED) is 0.442. The number of hydrogen-bond acceptors (Lipinski definition) is 3. The van der Waals surface area contributed by atoms with E-state index in [0.29, 0.717) is 12.9 Å². The normalized spacial score (nSPS) is 11.0. The van der Waals surface area contributed by atoms with Gasteiger partial charge in [-0.2, -0.15) is 0 Å². The van der Waals surface area contributed by atoms with Gasteiger partial charge < -0.3 is 9.84 Å². The molecule has 0 unspecified atom stereocenters. The molecular weight excluding hydrogens is 120 g/mol. The fraction of sp³-hybridized carbons (Fsp3) is 0.833. The molecule has 0 aromatic carbocycles. The molecule has 0 aliphatic rings. The highest BCUT2D eigenvalue weighted by Gasteiger charge is 2.11. The largest absolute Gasteiger partial charge is 0.468 e. The second-order valence-corrected chi connectivity index (χ2v) is 2.53. The molecule has 0 spiro atoms. The molecule has 0 aliphatic carbocycles. The minimum atomic E-state index is -0.733. The Balaban J connectivity index is 3.17. The van der Waals surface area contributed by atoms with Crippen LogP contribution in [0.3, 0.4) is 0 Å². The van der Waals surface area contributed by atoms with E-state index in [0.717, 1.165) is 0 Å². The summed E-state index contributed by atoms with van der Waals surface area (Å²) >= 11 is 0. The Bertz CT molecular complexity index is 82.8. The average molecular weight is 132 g/mol. The van der Waals surface area contributed by atoms with Crippen LogP contribution in [0.25, 0.3) is 0 Å². The van der Waals surface area contributed by atoms with E-state index < -0.39 is 5.60 Å². The molecule has 0 saturated heterocycles. The van der Waals surface area contributed by atoms with Crippen LogP contribution in [-0.2, 0) is 9.53 Å². The van der Waals surface area contributed by atoms with Crippen LogP contribution >= 0.6 is 0 Å². The summed E-state index contributed by atoms with van der Waals surface area (Å²) < 4.78 is 4.37. The van der Waals surface area contributed by atoms with Gasteiger partial charge in [-0.3, -0.25) is 4.79 Å². The van der Waals surface area contributed by atoms with E-state index in [2.05, 4.69) is 4.74 Å². The van der Waals surface area contributed by atoms with E-state index in [1.54, 1.807) is 13.8 Å². The van der Waals surface area contributed by atoms with Crippen LogP contribution in [0.4, 0.5) is 0 Å². The third-order valence-electron chi connectivity index (χ3n) is 0.900. The minimum absolute atomic E-state index is 0.285. The van der Waals surface area contributed by atoms with Crippen LogP contribution in [0.2, 0.25) is 0 Å². The standard InChI is InChI=1S/C6H12O3/c1-6(2,8)3-4-9-5-7/h5,8H,3-4H2,1-2H3. The molecule has 0 amide bonds. The van der Waals surface area contributed by atoms with Crippen molar-refractivity contribution in [3.63, 3.8) is 0 Å². The maximum absolute atomic E-state index is 9.59. The Morgan fingerprint density at radius 1 is 1.67 bits per heavy atom. The first-order chi connectivity index (χ1) is 4.06. The van der Waals surface area contributed by atoms with Crippen molar-refractivity contribution in [3.8, 4) is 0 Å². The average Bonchev–Trinajstić information content (AvgIpc) is 1.63. The van der Waals surface area contributed by atoms with Gasteiger partial charge in [-0.1, -0.05) is 0 Å². The van der Waals surface area contributed by atoms with Gasteiger partial charge in [-0.15, -0.1) is 0 Å². The van der Waals surface area contributed by atoms with E-state index in [-0.39, 0.29) is 6.61 Å². The van der Waals surface area contributed by atoms with Gasteiger partial charge in [0.25, 0.3) is 6.47 Å². The second kappa shape index (κ2) is 3.45. The van der Waals surface area contributed by atoms with Gasteiger partial charge in [0.15, 0.2) is 0 Å². The molecule has 0 heterocycles. The zero-order valence-corrected chi connectivity index (χ0v) is 5.76. The van der Waals surface area contributed by atoms with Gasteiger partial charge in [0, 0.05) is 6.42 Å².